The van der Waals surface area contributed by atoms with E-state index in [0.717, 1.165) is 24.5 Å². The highest BCUT2D eigenvalue weighted by molar-refractivity contribution is 5.41. The minimum atomic E-state index is 0.0574. The molecule has 0 aromatic heterocycles. The lowest BCUT2D eigenvalue weighted by Crippen LogP contribution is -2.33. The topological polar surface area (TPSA) is 30.5 Å². The highest BCUT2D eigenvalue weighted by Crippen LogP contribution is 2.34. The van der Waals surface area contributed by atoms with Crippen LogP contribution in [0.1, 0.15) is 25.3 Å². The van der Waals surface area contributed by atoms with Crippen LogP contribution in [0.4, 0.5) is 0 Å². The van der Waals surface area contributed by atoms with Crippen LogP contribution in [0.2, 0.25) is 0 Å². The summed E-state index contributed by atoms with van der Waals surface area (Å²) in [7, 11) is 3.37. The highest BCUT2D eigenvalue weighted by Gasteiger charge is 2.30. The molecular formula is C13H19NO2. The van der Waals surface area contributed by atoms with Gasteiger partial charge < -0.3 is 14.8 Å². The van der Waals surface area contributed by atoms with Crippen LogP contribution >= 0.6 is 0 Å². The third kappa shape index (κ3) is 2.00. The summed E-state index contributed by atoms with van der Waals surface area (Å²) in [5.74, 6) is 1.70. The number of nitrogens with one attached hydrogen (secondary N) is 1. The smallest absolute Gasteiger partial charge is 0.122 e. The van der Waals surface area contributed by atoms with Crippen molar-refractivity contribution in [3.63, 3.8) is 0 Å². The van der Waals surface area contributed by atoms with Gasteiger partial charge in [-0.25, -0.2) is 0 Å². The maximum atomic E-state index is 5.29. The summed E-state index contributed by atoms with van der Waals surface area (Å²) in [6.07, 6.45) is 2.37. The van der Waals surface area contributed by atoms with Crippen LogP contribution in [0.5, 0.6) is 11.5 Å². The lowest BCUT2D eigenvalue weighted by molar-refractivity contribution is 0.383. The Morgan fingerprint density at radius 3 is 2.19 bits per heavy atom. The molecule has 0 radical (unpaired) electrons. The molecule has 0 spiro atoms. The van der Waals surface area contributed by atoms with E-state index in [9.17, 15) is 0 Å². The van der Waals surface area contributed by atoms with Gasteiger partial charge in [0.1, 0.15) is 11.5 Å². The first kappa shape index (κ1) is 11.3. The summed E-state index contributed by atoms with van der Waals surface area (Å²) in [6.45, 7) is 3.31. The normalized spacial score (nSPS) is 24.4. The van der Waals surface area contributed by atoms with Crippen molar-refractivity contribution in [2.45, 2.75) is 25.3 Å². The van der Waals surface area contributed by atoms with Crippen LogP contribution < -0.4 is 14.8 Å². The van der Waals surface area contributed by atoms with Gasteiger partial charge in [0, 0.05) is 11.6 Å². The predicted octanol–water partition coefficient (Wildman–Crippen LogP) is 2.30. The van der Waals surface area contributed by atoms with Crippen molar-refractivity contribution in [2.75, 3.05) is 20.8 Å². The van der Waals surface area contributed by atoms with E-state index in [2.05, 4.69) is 24.4 Å². The summed E-state index contributed by atoms with van der Waals surface area (Å²) in [5, 5.41) is 3.54. The predicted molar refractivity (Wildman–Crippen MR) is 64.1 cm³/mol. The van der Waals surface area contributed by atoms with Gasteiger partial charge in [-0.1, -0.05) is 0 Å². The zero-order chi connectivity index (χ0) is 11.6. The lowest BCUT2D eigenvalue weighted by atomic mass is 9.90. The van der Waals surface area contributed by atoms with E-state index >= 15 is 0 Å². The number of methoxy groups -OCH3 is 2. The Balaban J connectivity index is 2.39. The van der Waals surface area contributed by atoms with E-state index in [-0.39, 0.29) is 5.54 Å². The van der Waals surface area contributed by atoms with Crippen molar-refractivity contribution >= 4 is 0 Å². The van der Waals surface area contributed by atoms with Crippen LogP contribution in [0.3, 0.4) is 0 Å². The van der Waals surface area contributed by atoms with Gasteiger partial charge in [0.15, 0.2) is 0 Å². The van der Waals surface area contributed by atoms with Crippen molar-refractivity contribution in [1.29, 1.82) is 0 Å². The molecule has 16 heavy (non-hydrogen) atoms. The summed E-state index contributed by atoms with van der Waals surface area (Å²) in [6, 6.07) is 6.07. The largest absolute Gasteiger partial charge is 0.497 e. The third-order valence-electron chi connectivity index (χ3n) is 3.36. The van der Waals surface area contributed by atoms with Gasteiger partial charge >= 0.3 is 0 Å². The fourth-order valence-corrected chi connectivity index (χ4v) is 2.27. The third-order valence-corrected chi connectivity index (χ3v) is 3.36. The maximum Gasteiger partial charge on any atom is 0.122 e. The molecule has 88 valence electrons. The van der Waals surface area contributed by atoms with Crippen LogP contribution in [0, 0.1) is 0 Å². The van der Waals surface area contributed by atoms with Gasteiger partial charge in [0.25, 0.3) is 0 Å². The second-order valence-electron chi connectivity index (χ2n) is 4.46. The molecule has 0 bridgehead atoms. The van der Waals surface area contributed by atoms with E-state index in [4.69, 9.17) is 9.47 Å². The van der Waals surface area contributed by atoms with Gasteiger partial charge in [-0.15, -0.1) is 0 Å². The Morgan fingerprint density at radius 2 is 1.75 bits per heavy atom. The molecule has 1 aromatic rings. The molecule has 1 aliphatic rings. The number of benzene rings is 1. The summed E-state index contributed by atoms with van der Waals surface area (Å²) >= 11 is 0. The number of hydrogen-bond donors (Lipinski definition) is 1. The highest BCUT2D eigenvalue weighted by atomic mass is 16.5. The Bertz CT molecular complexity index is 348. The standard InChI is InChI=1S/C13H19NO2/c1-13(5-4-6-14-13)10-7-11(15-2)9-12(8-10)16-3/h7-9,14H,4-6H2,1-3H3. The summed E-state index contributed by atoms with van der Waals surface area (Å²) in [5.41, 5.74) is 1.29. The SMILES string of the molecule is COc1cc(OC)cc(C2(C)CCCN2)c1. The van der Waals surface area contributed by atoms with Crippen molar-refractivity contribution in [1.82, 2.24) is 5.32 Å². The Hall–Kier alpha value is -1.22. The molecule has 1 aliphatic heterocycles. The Labute approximate surface area is 96.8 Å². The summed E-state index contributed by atoms with van der Waals surface area (Å²) in [4.78, 5) is 0. The quantitative estimate of drug-likeness (QED) is 0.849. The molecule has 2 rings (SSSR count). The van der Waals surface area contributed by atoms with Crippen molar-refractivity contribution in [3.8, 4) is 11.5 Å². The van der Waals surface area contributed by atoms with Gasteiger partial charge in [-0.2, -0.15) is 0 Å². The average Bonchev–Trinajstić information content (AvgIpc) is 2.77. The zero-order valence-electron chi connectivity index (χ0n) is 10.2. The average molecular weight is 221 g/mol. The molecule has 0 aliphatic carbocycles. The van der Waals surface area contributed by atoms with Gasteiger partial charge in [0.2, 0.25) is 0 Å². The Kier molecular flexibility index (Phi) is 3.06. The molecule has 1 N–H and O–H groups in total. The fraction of sp³-hybridized carbons (Fsp3) is 0.538. The number of hydrogen-bond acceptors (Lipinski definition) is 3. The van der Waals surface area contributed by atoms with E-state index in [1.54, 1.807) is 14.2 Å². The van der Waals surface area contributed by atoms with Crippen LogP contribution in [0.25, 0.3) is 0 Å². The van der Waals surface area contributed by atoms with Crippen molar-refractivity contribution < 1.29 is 9.47 Å². The molecule has 1 unspecified atom stereocenters. The van der Waals surface area contributed by atoms with Crippen LogP contribution in [-0.2, 0) is 5.54 Å². The molecule has 3 nitrogen and oxygen atoms in total. The van der Waals surface area contributed by atoms with E-state index in [1.807, 2.05) is 6.07 Å². The molecule has 1 heterocycles. The molecule has 1 fully saturated rings. The minimum Gasteiger partial charge on any atom is -0.497 e. The van der Waals surface area contributed by atoms with E-state index in [0.29, 0.717) is 0 Å². The fourth-order valence-electron chi connectivity index (χ4n) is 2.27. The molecular weight excluding hydrogens is 202 g/mol. The molecule has 3 heteroatoms. The van der Waals surface area contributed by atoms with Gasteiger partial charge in [-0.05, 0) is 44.0 Å². The van der Waals surface area contributed by atoms with E-state index < -0.39 is 0 Å². The first-order valence-electron chi connectivity index (χ1n) is 5.66. The van der Waals surface area contributed by atoms with Crippen LogP contribution in [0.15, 0.2) is 18.2 Å². The zero-order valence-corrected chi connectivity index (χ0v) is 10.2. The molecule has 1 atom stereocenters. The number of rotatable bonds is 3. The summed E-state index contributed by atoms with van der Waals surface area (Å²) < 4.78 is 10.6. The first-order chi connectivity index (χ1) is 7.68. The second-order valence-corrected chi connectivity index (χ2v) is 4.46. The Morgan fingerprint density at radius 1 is 1.12 bits per heavy atom. The van der Waals surface area contributed by atoms with Gasteiger partial charge in [-0.3, -0.25) is 0 Å². The number of ether oxygens (including phenoxy) is 2. The molecule has 1 saturated heterocycles. The second kappa shape index (κ2) is 4.34. The molecule has 0 saturated carbocycles. The van der Waals surface area contributed by atoms with Crippen LogP contribution in [-0.4, -0.2) is 20.8 Å². The van der Waals surface area contributed by atoms with Gasteiger partial charge in [0.05, 0.1) is 14.2 Å². The van der Waals surface area contributed by atoms with Crippen molar-refractivity contribution in [2.24, 2.45) is 0 Å². The minimum absolute atomic E-state index is 0.0574. The monoisotopic (exact) mass is 221 g/mol. The first-order valence-corrected chi connectivity index (χ1v) is 5.66. The lowest BCUT2D eigenvalue weighted by Gasteiger charge is -2.26. The molecule has 1 aromatic carbocycles. The van der Waals surface area contributed by atoms with Crippen molar-refractivity contribution in [3.05, 3.63) is 23.8 Å². The maximum absolute atomic E-state index is 5.29. The molecule has 0 amide bonds. The van der Waals surface area contributed by atoms with E-state index in [1.165, 1.54) is 12.0 Å².